The maximum atomic E-state index is 13.0. The maximum Gasteiger partial charge on any atom is 0.416 e. The third-order valence-corrected chi connectivity index (χ3v) is 3.81. The third-order valence-electron chi connectivity index (χ3n) is 3.49. The van der Waals surface area contributed by atoms with Crippen molar-refractivity contribution in [3.8, 4) is 28.8 Å². The minimum Gasteiger partial charge on any atom is -0.332 e. The zero-order valence-electron chi connectivity index (χ0n) is 13.1. The molecule has 0 bridgehead atoms. The van der Waals surface area contributed by atoms with Gasteiger partial charge in [0, 0.05) is 12.4 Å². The molecule has 0 atom stereocenters. The number of aromatic nitrogens is 7. The molecule has 4 aromatic rings. The van der Waals surface area contributed by atoms with Crippen LogP contribution in [0.25, 0.3) is 28.8 Å². The number of hydrogen-bond acceptors (Lipinski definition) is 7. The van der Waals surface area contributed by atoms with E-state index in [4.69, 9.17) is 16.1 Å². The lowest BCUT2D eigenvalue weighted by atomic mass is 10.2. The smallest absolute Gasteiger partial charge is 0.332 e. The summed E-state index contributed by atoms with van der Waals surface area (Å²) in [5.74, 6) is 0.134. The van der Waals surface area contributed by atoms with Crippen molar-refractivity contribution >= 4 is 11.6 Å². The molecule has 12 heteroatoms. The Kier molecular flexibility index (Phi) is 4.07. The van der Waals surface area contributed by atoms with Gasteiger partial charge in [0.05, 0.1) is 28.7 Å². The number of halogens is 4. The van der Waals surface area contributed by atoms with E-state index in [2.05, 4.69) is 30.4 Å². The van der Waals surface area contributed by atoms with E-state index in [0.717, 1.165) is 22.9 Å². The number of hydrogen-bond donors (Lipinski definition) is 0. The largest absolute Gasteiger partial charge is 0.416 e. The summed E-state index contributed by atoms with van der Waals surface area (Å²) in [6.45, 7) is 0. The van der Waals surface area contributed by atoms with Crippen LogP contribution in [0.15, 0.2) is 47.5 Å². The summed E-state index contributed by atoms with van der Waals surface area (Å²) in [6, 6.07) is 2.87. The molecule has 0 aliphatic rings. The van der Waals surface area contributed by atoms with E-state index in [-0.39, 0.29) is 28.1 Å². The van der Waals surface area contributed by atoms with E-state index in [1.165, 1.54) is 24.8 Å². The lowest BCUT2D eigenvalue weighted by Gasteiger charge is -2.11. The van der Waals surface area contributed by atoms with Crippen molar-refractivity contribution in [1.29, 1.82) is 0 Å². The quantitative estimate of drug-likeness (QED) is 0.526. The molecule has 0 aliphatic heterocycles. The fourth-order valence-corrected chi connectivity index (χ4v) is 2.45. The number of nitrogens with zero attached hydrogens (tertiary/aromatic N) is 7. The van der Waals surface area contributed by atoms with Crippen LogP contribution >= 0.6 is 11.6 Å². The molecule has 8 nitrogen and oxygen atoms in total. The molecule has 0 saturated heterocycles. The Balaban J connectivity index is 1.78. The van der Waals surface area contributed by atoms with Gasteiger partial charge in [-0.2, -0.15) is 18.2 Å². The topological polar surface area (TPSA) is 95.4 Å². The van der Waals surface area contributed by atoms with Gasteiger partial charge in [0.1, 0.15) is 5.69 Å². The average molecular weight is 394 g/mol. The van der Waals surface area contributed by atoms with Gasteiger partial charge in [0.15, 0.2) is 5.69 Å². The maximum absolute atomic E-state index is 13.0. The Labute approximate surface area is 153 Å². The molecule has 0 unspecified atom stereocenters. The van der Waals surface area contributed by atoms with Crippen molar-refractivity contribution < 1.29 is 17.7 Å². The van der Waals surface area contributed by atoms with Crippen molar-refractivity contribution in [2.75, 3.05) is 0 Å². The van der Waals surface area contributed by atoms with E-state index >= 15 is 0 Å². The first-order valence-corrected chi connectivity index (χ1v) is 7.69. The first-order valence-electron chi connectivity index (χ1n) is 7.32. The molecule has 1 aromatic carbocycles. The second-order valence-corrected chi connectivity index (χ2v) is 5.62. The van der Waals surface area contributed by atoms with Gasteiger partial charge < -0.3 is 4.52 Å². The normalized spacial score (nSPS) is 11.7. The van der Waals surface area contributed by atoms with Crippen LogP contribution in [-0.4, -0.2) is 35.1 Å². The number of benzene rings is 1. The molecule has 4 rings (SSSR count). The van der Waals surface area contributed by atoms with Gasteiger partial charge in [0.25, 0.3) is 5.89 Å². The van der Waals surface area contributed by atoms with Crippen LogP contribution in [0.1, 0.15) is 5.56 Å². The molecule has 27 heavy (non-hydrogen) atoms. The van der Waals surface area contributed by atoms with Gasteiger partial charge in [-0.1, -0.05) is 22.0 Å². The van der Waals surface area contributed by atoms with Gasteiger partial charge in [0.2, 0.25) is 5.82 Å². The fraction of sp³-hybridized carbons (Fsp3) is 0.0667. The van der Waals surface area contributed by atoms with Gasteiger partial charge in [-0.3, -0.25) is 4.98 Å². The van der Waals surface area contributed by atoms with Gasteiger partial charge in [-0.25, -0.2) is 9.67 Å². The standard InChI is InChI=1S/C15H7ClF3N7O/c16-9-2-1-8(15(17,18)19)5-11(9)26-12(7-22-25-26)14-23-13(24-27-14)10-6-20-3-4-21-10/h1-7H. The van der Waals surface area contributed by atoms with E-state index in [0.29, 0.717) is 5.69 Å². The van der Waals surface area contributed by atoms with Crippen molar-refractivity contribution in [2.45, 2.75) is 6.18 Å². The average Bonchev–Trinajstić information content (AvgIpc) is 3.31. The van der Waals surface area contributed by atoms with E-state index in [1.54, 1.807) is 0 Å². The zero-order valence-corrected chi connectivity index (χ0v) is 13.8. The SMILES string of the molecule is FC(F)(F)c1ccc(Cl)c(-n2nncc2-c2nc(-c3cnccn3)no2)c1. The highest BCUT2D eigenvalue weighted by Gasteiger charge is 2.31. The second kappa shape index (κ2) is 6.43. The molecule has 0 N–H and O–H groups in total. The highest BCUT2D eigenvalue weighted by Crippen LogP contribution is 2.34. The number of rotatable bonds is 3. The molecule has 0 saturated carbocycles. The Morgan fingerprint density at radius 3 is 2.70 bits per heavy atom. The van der Waals surface area contributed by atoms with Gasteiger partial charge in [-0.15, -0.1) is 5.10 Å². The highest BCUT2D eigenvalue weighted by atomic mass is 35.5. The third kappa shape index (κ3) is 3.24. The minimum atomic E-state index is -4.54. The Morgan fingerprint density at radius 1 is 1.11 bits per heavy atom. The summed E-state index contributed by atoms with van der Waals surface area (Å²) >= 11 is 6.06. The molecule has 3 aromatic heterocycles. The van der Waals surface area contributed by atoms with Crippen LogP contribution < -0.4 is 0 Å². The molecule has 0 spiro atoms. The van der Waals surface area contributed by atoms with Crippen LogP contribution in [0, 0.1) is 0 Å². The summed E-state index contributed by atoms with van der Waals surface area (Å²) in [4.78, 5) is 12.1. The van der Waals surface area contributed by atoms with E-state index in [1.807, 2.05) is 0 Å². The van der Waals surface area contributed by atoms with Crippen molar-refractivity contribution in [2.24, 2.45) is 0 Å². The Hall–Kier alpha value is -3.34. The van der Waals surface area contributed by atoms with Crippen LogP contribution in [0.3, 0.4) is 0 Å². The molecular formula is C15H7ClF3N7O. The summed E-state index contributed by atoms with van der Waals surface area (Å²) in [6.07, 6.45) is 1.11. The Bertz CT molecular complexity index is 1090. The Morgan fingerprint density at radius 2 is 1.96 bits per heavy atom. The summed E-state index contributed by atoms with van der Waals surface area (Å²) in [7, 11) is 0. The van der Waals surface area contributed by atoms with Crippen molar-refractivity contribution in [1.82, 2.24) is 35.1 Å². The number of alkyl halides is 3. The van der Waals surface area contributed by atoms with Crippen LogP contribution in [0.5, 0.6) is 0 Å². The summed E-state index contributed by atoms with van der Waals surface area (Å²) in [5.41, 5.74) is -0.380. The zero-order chi connectivity index (χ0) is 19.0. The van der Waals surface area contributed by atoms with Gasteiger partial charge >= 0.3 is 6.18 Å². The van der Waals surface area contributed by atoms with Crippen LogP contribution in [0.4, 0.5) is 13.2 Å². The summed E-state index contributed by atoms with van der Waals surface area (Å²) in [5, 5.41) is 11.3. The first kappa shape index (κ1) is 17.1. The molecule has 0 fully saturated rings. The first-order chi connectivity index (χ1) is 12.9. The van der Waals surface area contributed by atoms with Crippen molar-refractivity contribution in [3.05, 3.63) is 53.6 Å². The monoisotopic (exact) mass is 393 g/mol. The molecule has 3 heterocycles. The molecule has 0 radical (unpaired) electrons. The van der Waals surface area contributed by atoms with Crippen LogP contribution in [-0.2, 0) is 6.18 Å². The molecule has 136 valence electrons. The summed E-state index contributed by atoms with van der Waals surface area (Å²) < 4.78 is 45.3. The minimum absolute atomic E-state index is 0.0193. The lowest BCUT2D eigenvalue weighted by molar-refractivity contribution is -0.137. The fourth-order valence-electron chi connectivity index (χ4n) is 2.26. The van der Waals surface area contributed by atoms with E-state index < -0.39 is 11.7 Å². The molecule has 0 aliphatic carbocycles. The second-order valence-electron chi connectivity index (χ2n) is 5.21. The molecular weight excluding hydrogens is 387 g/mol. The van der Waals surface area contributed by atoms with Crippen LogP contribution in [0.2, 0.25) is 5.02 Å². The van der Waals surface area contributed by atoms with Crippen molar-refractivity contribution in [3.63, 3.8) is 0 Å². The predicted octanol–water partition coefficient (Wildman–Crippen LogP) is 3.45. The highest BCUT2D eigenvalue weighted by molar-refractivity contribution is 6.32. The van der Waals surface area contributed by atoms with Gasteiger partial charge in [-0.05, 0) is 18.2 Å². The van der Waals surface area contributed by atoms with E-state index in [9.17, 15) is 13.2 Å². The lowest BCUT2D eigenvalue weighted by Crippen LogP contribution is -2.08. The molecule has 0 amide bonds. The predicted molar refractivity (Wildman–Crippen MR) is 85.7 cm³/mol.